The van der Waals surface area contributed by atoms with E-state index in [-0.39, 0.29) is 11.3 Å². The summed E-state index contributed by atoms with van der Waals surface area (Å²) in [6, 6.07) is 12.5. The fraction of sp³-hybridized carbons (Fsp3) is 0.421. The molecule has 3 heteroatoms. The Hall–Kier alpha value is -2.03. The van der Waals surface area contributed by atoms with Gasteiger partial charge in [-0.1, -0.05) is 44.2 Å². The molecule has 3 rings (SSSR count). The largest absolute Gasteiger partial charge is 0.354 e. The Kier molecular flexibility index (Phi) is 3.59. The topological polar surface area (TPSA) is 25.2 Å². The van der Waals surface area contributed by atoms with Crippen molar-refractivity contribution < 1.29 is 4.79 Å². The highest BCUT2D eigenvalue weighted by Crippen LogP contribution is 2.42. The molecule has 0 N–H and O–H groups in total. The minimum absolute atomic E-state index is 0.0969. The highest BCUT2D eigenvalue weighted by molar-refractivity contribution is 5.95. The molecule has 1 fully saturated rings. The first-order valence-electron chi connectivity index (χ1n) is 7.86. The van der Waals surface area contributed by atoms with Crippen LogP contribution >= 0.6 is 0 Å². The molecule has 0 radical (unpaired) electrons. The Labute approximate surface area is 132 Å². The van der Waals surface area contributed by atoms with Crippen LogP contribution in [0, 0.1) is 12.3 Å². The van der Waals surface area contributed by atoms with Gasteiger partial charge in [0, 0.05) is 37.9 Å². The number of hydrogen-bond acceptors (Lipinski definition) is 1. The molecule has 0 bridgehead atoms. The monoisotopic (exact) mass is 296 g/mol. The zero-order valence-corrected chi connectivity index (χ0v) is 13.8. The number of carbonyl (C=O) groups is 1. The molecule has 1 aliphatic rings. The van der Waals surface area contributed by atoms with Crippen LogP contribution in [0.4, 0.5) is 0 Å². The quantitative estimate of drug-likeness (QED) is 0.831. The molecule has 1 aromatic carbocycles. The van der Waals surface area contributed by atoms with E-state index in [1.807, 2.05) is 41.8 Å². The van der Waals surface area contributed by atoms with Gasteiger partial charge in [-0.3, -0.25) is 4.79 Å². The van der Waals surface area contributed by atoms with Gasteiger partial charge in [0.05, 0.1) is 5.56 Å². The summed E-state index contributed by atoms with van der Waals surface area (Å²) in [5.74, 6) is 0.547. The summed E-state index contributed by atoms with van der Waals surface area (Å²) >= 11 is 0. The van der Waals surface area contributed by atoms with Gasteiger partial charge in [0.15, 0.2) is 0 Å². The smallest absolute Gasteiger partial charge is 0.255 e. The number of rotatable bonds is 2. The molecular weight excluding hydrogens is 272 g/mol. The van der Waals surface area contributed by atoms with Crippen molar-refractivity contribution in [3.8, 4) is 0 Å². The molecule has 1 aliphatic heterocycles. The average Bonchev–Trinajstić information content (AvgIpc) is 2.99. The van der Waals surface area contributed by atoms with E-state index >= 15 is 0 Å². The van der Waals surface area contributed by atoms with Gasteiger partial charge in [-0.25, -0.2) is 0 Å². The van der Waals surface area contributed by atoms with Crippen LogP contribution in [0.5, 0.6) is 0 Å². The van der Waals surface area contributed by atoms with Crippen molar-refractivity contribution in [3.63, 3.8) is 0 Å². The molecule has 0 aliphatic carbocycles. The molecule has 22 heavy (non-hydrogen) atoms. The SMILES string of the molecule is Cc1c(C(=O)N2CC(c3ccccc3)C(C)(C)C2)ccn1C. The standard InChI is InChI=1S/C19H24N2O/c1-14-16(10-11-20(14)4)18(22)21-12-17(19(2,3)13-21)15-8-6-5-7-9-15/h5-11,17H,12-13H2,1-4H3. The maximum atomic E-state index is 12.9. The lowest BCUT2D eigenvalue weighted by molar-refractivity contribution is 0.0777. The number of carbonyl (C=O) groups excluding carboxylic acids is 1. The van der Waals surface area contributed by atoms with Crippen LogP contribution in [0.3, 0.4) is 0 Å². The molecule has 1 atom stereocenters. The molecule has 1 unspecified atom stereocenters. The third-order valence-corrected chi connectivity index (χ3v) is 5.05. The number of aryl methyl sites for hydroxylation is 1. The second-order valence-corrected chi connectivity index (χ2v) is 7.06. The Morgan fingerprint density at radius 2 is 1.86 bits per heavy atom. The molecule has 2 heterocycles. The van der Waals surface area contributed by atoms with E-state index in [1.54, 1.807) is 0 Å². The second kappa shape index (κ2) is 5.31. The van der Waals surface area contributed by atoms with Gasteiger partial charge < -0.3 is 9.47 Å². The predicted molar refractivity (Wildman–Crippen MR) is 89.0 cm³/mol. The van der Waals surface area contributed by atoms with Crippen LogP contribution in [0.25, 0.3) is 0 Å². The molecular formula is C19H24N2O. The van der Waals surface area contributed by atoms with Crippen molar-refractivity contribution in [2.24, 2.45) is 12.5 Å². The predicted octanol–water partition coefficient (Wildman–Crippen LogP) is 3.60. The first-order valence-corrected chi connectivity index (χ1v) is 7.86. The van der Waals surface area contributed by atoms with Crippen LogP contribution in [0.1, 0.15) is 41.4 Å². The summed E-state index contributed by atoms with van der Waals surface area (Å²) in [6.07, 6.45) is 1.96. The summed E-state index contributed by atoms with van der Waals surface area (Å²) < 4.78 is 2.00. The third kappa shape index (κ3) is 2.45. The van der Waals surface area contributed by atoms with Crippen molar-refractivity contribution >= 4 is 5.91 Å². The van der Waals surface area contributed by atoms with Crippen molar-refractivity contribution in [2.75, 3.05) is 13.1 Å². The fourth-order valence-corrected chi connectivity index (χ4v) is 3.54. The van der Waals surface area contributed by atoms with Crippen LogP contribution in [0.2, 0.25) is 0 Å². The number of likely N-dealkylation sites (tertiary alicyclic amines) is 1. The number of benzene rings is 1. The lowest BCUT2D eigenvalue weighted by Crippen LogP contribution is -2.30. The van der Waals surface area contributed by atoms with E-state index in [0.717, 1.165) is 24.3 Å². The first-order chi connectivity index (χ1) is 10.4. The molecule has 1 saturated heterocycles. The van der Waals surface area contributed by atoms with E-state index in [9.17, 15) is 4.79 Å². The Morgan fingerprint density at radius 1 is 1.18 bits per heavy atom. The fourth-order valence-electron chi connectivity index (χ4n) is 3.54. The van der Waals surface area contributed by atoms with Crippen LogP contribution in [-0.4, -0.2) is 28.5 Å². The lowest BCUT2D eigenvalue weighted by Gasteiger charge is -2.25. The van der Waals surface area contributed by atoms with E-state index in [2.05, 4.69) is 38.1 Å². The van der Waals surface area contributed by atoms with Gasteiger partial charge in [-0.15, -0.1) is 0 Å². The molecule has 0 saturated carbocycles. The lowest BCUT2D eigenvalue weighted by atomic mass is 9.78. The average molecular weight is 296 g/mol. The summed E-state index contributed by atoms with van der Waals surface area (Å²) in [4.78, 5) is 14.9. The molecule has 116 valence electrons. The molecule has 3 nitrogen and oxygen atoms in total. The van der Waals surface area contributed by atoms with Crippen molar-refractivity contribution in [3.05, 3.63) is 59.4 Å². The van der Waals surface area contributed by atoms with Crippen LogP contribution in [-0.2, 0) is 7.05 Å². The summed E-state index contributed by atoms with van der Waals surface area (Å²) in [5.41, 5.74) is 3.28. The first kappa shape index (κ1) is 14.9. The van der Waals surface area contributed by atoms with E-state index in [1.165, 1.54) is 5.56 Å². The maximum Gasteiger partial charge on any atom is 0.255 e. The zero-order valence-electron chi connectivity index (χ0n) is 13.8. The summed E-state index contributed by atoms with van der Waals surface area (Å²) in [7, 11) is 1.98. The van der Waals surface area contributed by atoms with Gasteiger partial charge in [-0.2, -0.15) is 0 Å². The van der Waals surface area contributed by atoms with E-state index < -0.39 is 0 Å². The van der Waals surface area contributed by atoms with Crippen LogP contribution in [0.15, 0.2) is 42.6 Å². The highest BCUT2D eigenvalue weighted by Gasteiger charge is 2.42. The highest BCUT2D eigenvalue weighted by atomic mass is 16.2. The molecule has 0 spiro atoms. The number of nitrogens with zero attached hydrogens (tertiary/aromatic N) is 2. The van der Waals surface area contributed by atoms with Gasteiger partial charge in [0.2, 0.25) is 0 Å². The van der Waals surface area contributed by atoms with Crippen molar-refractivity contribution in [1.82, 2.24) is 9.47 Å². The van der Waals surface area contributed by atoms with E-state index in [4.69, 9.17) is 0 Å². The Balaban J connectivity index is 1.86. The number of amides is 1. The normalized spacial score (nSPS) is 20.4. The third-order valence-electron chi connectivity index (χ3n) is 5.05. The molecule has 1 aromatic heterocycles. The van der Waals surface area contributed by atoms with E-state index in [0.29, 0.717) is 5.92 Å². The minimum atomic E-state index is 0.0969. The van der Waals surface area contributed by atoms with Gasteiger partial charge >= 0.3 is 0 Å². The Bertz CT molecular complexity index is 685. The van der Waals surface area contributed by atoms with Crippen LogP contribution < -0.4 is 0 Å². The maximum absolute atomic E-state index is 12.9. The molecule has 2 aromatic rings. The molecule has 1 amide bonds. The van der Waals surface area contributed by atoms with Gasteiger partial charge in [0.25, 0.3) is 5.91 Å². The number of hydrogen-bond donors (Lipinski definition) is 0. The zero-order chi connectivity index (χ0) is 15.9. The van der Waals surface area contributed by atoms with Crippen molar-refractivity contribution in [2.45, 2.75) is 26.7 Å². The second-order valence-electron chi connectivity index (χ2n) is 7.06. The summed E-state index contributed by atoms with van der Waals surface area (Å²) in [5, 5.41) is 0. The summed E-state index contributed by atoms with van der Waals surface area (Å²) in [6.45, 7) is 8.12. The van der Waals surface area contributed by atoms with Crippen molar-refractivity contribution in [1.29, 1.82) is 0 Å². The Morgan fingerprint density at radius 3 is 2.45 bits per heavy atom. The number of aromatic nitrogens is 1. The minimum Gasteiger partial charge on any atom is -0.354 e. The van der Waals surface area contributed by atoms with Gasteiger partial charge in [-0.05, 0) is 24.0 Å². The van der Waals surface area contributed by atoms with Gasteiger partial charge in [0.1, 0.15) is 0 Å².